The molecule has 4 nitrogen and oxygen atoms in total. The molecule has 4 rings (SSSR count). The molecule has 1 spiro atoms. The van der Waals surface area contributed by atoms with Gasteiger partial charge in [0, 0.05) is 13.0 Å². The molecule has 1 aliphatic heterocycles. The quantitative estimate of drug-likeness (QED) is 0.829. The minimum Gasteiger partial charge on any atom is -0.396 e. The Morgan fingerprint density at radius 3 is 1.62 bits per heavy atom. The lowest BCUT2D eigenvalue weighted by Gasteiger charge is -2.30. The molecule has 1 aliphatic carbocycles. The van der Waals surface area contributed by atoms with Crippen LogP contribution in [0.25, 0.3) is 0 Å². The Morgan fingerprint density at radius 2 is 1.19 bits per heavy atom. The van der Waals surface area contributed by atoms with Crippen molar-refractivity contribution in [1.29, 1.82) is 0 Å². The van der Waals surface area contributed by atoms with E-state index in [4.69, 9.17) is 14.6 Å². The SMILES string of the molecule is OCCC1(O)C=CC2(C=C1)O[C@H](c1ccccc1)[C@@H](c1ccccc1)O2. The molecule has 0 bridgehead atoms. The van der Waals surface area contributed by atoms with Crippen molar-refractivity contribution in [1.82, 2.24) is 0 Å². The van der Waals surface area contributed by atoms with Gasteiger partial charge in [0.05, 0.1) is 0 Å². The minimum atomic E-state index is -1.17. The van der Waals surface area contributed by atoms with Crippen molar-refractivity contribution in [3.8, 4) is 0 Å². The Labute approximate surface area is 153 Å². The second kappa shape index (κ2) is 6.82. The molecule has 1 heterocycles. The fourth-order valence-electron chi connectivity index (χ4n) is 3.45. The molecule has 1 fully saturated rings. The van der Waals surface area contributed by atoms with Gasteiger partial charge in [-0.2, -0.15) is 0 Å². The lowest BCUT2D eigenvalue weighted by Crippen LogP contribution is -2.34. The first kappa shape index (κ1) is 17.2. The maximum absolute atomic E-state index is 10.4. The lowest BCUT2D eigenvalue weighted by molar-refractivity contribution is -0.103. The average molecular weight is 350 g/mol. The first-order valence-electron chi connectivity index (χ1n) is 8.83. The first-order valence-corrected chi connectivity index (χ1v) is 8.83. The van der Waals surface area contributed by atoms with Gasteiger partial charge in [-0.25, -0.2) is 0 Å². The molecular formula is C22H22O4. The van der Waals surface area contributed by atoms with E-state index in [1.165, 1.54) is 0 Å². The van der Waals surface area contributed by atoms with Crippen LogP contribution in [0.15, 0.2) is 85.0 Å². The Balaban J connectivity index is 1.68. The molecule has 2 aliphatic rings. The highest BCUT2D eigenvalue weighted by molar-refractivity contribution is 5.32. The monoisotopic (exact) mass is 350 g/mol. The third kappa shape index (κ3) is 3.24. The van der Waals surface area contributed by atoms with Crippen LogP contribution in [0.3, 0.4) is 0 Å². The summed E-state index contributed by atoms with van der Waals surface area (Å²) in [5, 5.41) is 19.6. The van der Waals surface area contributed by atoms with Crippen molar-refractivity contribution < 1.29 is 19.7 Å². The number of aliphatic hydroxyl groups excluding tert-OH is 1. The van der Waals surface area contributed by atoms with Crippen molar-refractivity contribution in [2.24, 2.45) is 0 Å². The summed E-state index contributed by atoms with van der Waals surface area (Å²) in [6.45, 7) is -0.0980. The molecule has 26 heavy (non-hydrogen) atoms. The highest BCUT2D eigenvalue weighted by Crippen LogP contribution is 2.49. The van der Waals surface area contributed by atoms with Crippen LogP contribution < -0.4 is 0 Å². The van der Waals surface area contributed by atoms with Crippen LogP contribution >= 0.6 is 0 Å². The summed E-state index contributed by atoms with van der Waals surface area (Å²) in [7, 11) is 0. The summed E-state index contributed by atoms with van der Waals surface area (Å²) >= 11 is 0. The zero-order valence-electron chi connectivity index (χ0n) is 14.4. The molecule has 0 aromatic heterocycles. The highest BCUT2D eigenvalue weighted by atomic mass is 16.8. The van der Waals surface area contributed by atoms with Crippen molar-refractivity contribution in [3.05, 3.63) is 96.1 Å². The Morgan fingerprint density at radius 1 is 0.731 bits per heavy atom. The Bertz CT molecular complexity index is 734. The van der Waals surface area contributed by atoms with E-state index in [1.807, 2.05) is 60.7 Å². The predicted molar refractivity (Wildman–Crippen MR) is 98.2 cm³/mol. The van der Waals surface area contributed by atoms with E-state index < -0.39 is 11.4 Å². The van der Waals surface area contributed by atoms with Gasteiger partial charge in [0.2, 0.25) is 5.79 Å². The van der Waals surface area contributed by atoms with E-state index in [0.717, 1.165) is 11.1 Å². The molecule has 2 aromatic carbocycles. The Kier molecular flexibility index (Phi) is 4.51. The average Bonchev–Trinajstić information content (AvgIpc) is 3.06. The largest absolute Gasteiger partial charge is 0.396 e. The summed E-state index contributed by atoms with van der Waals surface area (Å²) in [6, 6.07) is 20.0. The smallest absolute Gasteiger partial charge is 0.209 e. The van der Waals surface area contributed by atoms with Gasteiger partial charge < -0.3 is 19.7 Å². The van der Waals surface area contributed by atoms with Gasteiger partial charge in [-0.1, -0.05) is 60.7 Å². The standard InChI is InChI=1S/C22H22O4/c23-16-15-21(24)11-13-22(14-12-21)25-19(17-7-3-1-4-8-17)20(26-22)18-9-5-2-6-10-18/h1-14,19-20,23-24H,15-16H2/t19-,20-/m1/s1. The number of hydrogen-bond donors (Lipinski definition) is 2. The van der Waals surface area contributed by atoms with Crippen LogP contribution in [-0.2, 0) is 9.47 Å². The highest BCUT2D eigenvalue weighted by Gasteiger charge is 2.47. The van der Waals surface area contributed by atoms with Crippen molar-refractivity contribution in [2.75, 3.05) is 6.61 Å². The van der Waals surface area contributed by atoms with E-state index in [-0.39, 0.29) is 25.2 Å². The van der Waals surface area contributed by atoms with Gasteiger partial charge in [0.25, 0.3) is 0 Å². The van der Waals surface area contributed by atoms with E-state index in [9.17, 15) is 5.11 Å². The maximum atomic E-state index is 10.4. The van der Waals surface area contributed by atoms with Crippen molar-refractivity contribution >= 4 is 0 Å². The minimum absolute atomic E-state index is 0.0980. The maximum Gasteiger partial charge on any atom is 0.209 e. The van der Waals surface area contributed by atoms with E-state index in [2.05, 4.69) is 0 Å². The molecule has 0 radical (unpaired) electrons. The third-order valence-corrected chi connectivity index (χ3v) is 4.87. The van der Waals surface area contributed by atoms with Gasteiger partial charge in [-0.3, -0.25) is 0 Å². The number of ether oxygens (including phenoxy) is 2. The van der Waals surface area contributed by atoms with Crippen LogP contribution in [0.2, 0.25) is 0 Å². The van der Waals surface area contributed by atoms with Crippen LogP contribution in [0.4, 0.5) is 0 Å². The van der Waals surface area contributed by atoms with Crippen LogP contribution in [0, 0.1) is 0 Å². The summed E-state index contributed by atoms with van der Waals surface area (Å²) < 4.78 is 12.7. The normalized spacial score (nSPS) is 25.6. The predicted octanol–water partition coefficient (Wildman–Crippen LogP) is 3.45. The third-order valence-electron chi connectivity index (χ3n) is 4.87. The molecule has 0 saturated carbocycles. The van der Waals surface area contributed by atoms with E-state index >= 15 is 0 Å². The topological polar surface area (TPSA) is 58.9 Å². The molecule has 0 unspecified atom stereocenters. The second-order valence-electron chi connectivity index (χ2n) is 6.75. The van der Waals surface area contributed by atoms with Gasteiger partial charge in [0.15, 0.2) is 0 Å². The van der Waals surface area contributed by atoms with E-state index in [1.54, 1.807) is 24.3 Å². The van der Waals surface area contributed by atoms with Crippen LogP contribution in [0.5, 0.6) is 0 Å². The zero-order chi connectivity index (χ0) is 18.0. The van der Waals surface area contributed by atoms with Gasteiger partial charge in [0.1, 0.15) is 17.8 Å². The van der Waals surface area contributed by atoms with Gasteiger partial charge >= 0.3 is 0 Å². The first-order chi connectivity index (χ1) is 12.6. The van der Waals surface area contributed by atoms with Crippen LogP contribution in [0.1, 0.15) is 29.8 Å². The van der Waals surface area contributed by atoms with E-state index in [0.29, 0.717) is 0 Å². The molecule has 2 N–H and O–H groups in total. The van der Waals surface area contributed by atoms with Crippen molar-refractivity contribution in [3.63, 3.8) is 0 Å². The molecule has 2 aromatic rings. The number of benzene rings is 2. The second-order valence-corrected chi connectivity index (χ2v) is 6.75. The van der Waals surface area contributed by atoms with Gasteiger partial charge in [-0.05, 0) is 35.4 Å². The summed E-state index contributed by atoms with van der Waals surface area (Å²) in [5.41, 5.74) is 0.909. The summed E-state index contributed by atoms with van der Waals surface area (Å²) in [4.78, 5) is 0. The molecule has 134 valence electrons. The molecule has 1 saturated heterocycles. The number of aliphatic hydroxyl groups is 2. The molecule has 2 atom stereocenters. The fourth-order valence-corrected chi connectivity index (χ4v) is 3.45. The summed E-state index contributed by atoms with van der Waals surface area (Å²) in [6.07, 6.45) is 6.45. The fraction of sp³-hybridized carbons (Fsp3) is 0.273. The summed E-state index contributed by atoms with van der Waals surface area (Å²) in [5.74, 6) is -1.03. The molecule has 0 amide bonds. The number of hydrogen-bond acceptors (Lipinski definition) is 4. The Hall–Kier alpha value is -2.24. The van der Waals surface area contributed by atoms with Gasteiger partial charge in [-0.15, -0.1) is 0 Å². The van der Waals surface area contributed by atoms with Crippen molar-refractivity contribution in [2.45, 2.75) is 30.0 Å². The molecule has 4 heteroatoms. The number of rotatable bonds is 4. The lowest BCUT2D eigenvalue weighted by atomic mass is 9.92. The molecular weight excluding hydrogens is 328 g/mol. The zero-order valence-corrected chi connectivity index (χ0v) is 14.4. The van der Waals surface area contributed by atoms with Crippen LogP contribution in [-0.4, -0.2) is 28.2 Å².